The van der Waals surface area contributed by atoms with Gasteiger partial charge in [0.05, 0.1) is 12.8 Å². The van der Waals surface area contributed by atoms with Gasteiger partial charge in [0.15, 0.2) is 11.5 Å². The zero-order chi connectivity index (χ0) is 15.5. The molecule has 2 heterocycles. The number of anilines is 1. The maximum absolute atomic E-state index is 12.0. The number of benzene rings is 1. The minimum absolute atomic E-state index is 0. The predicted octanol–water partition coefficient (Wildman–Crippen LogP) is 1.14. The molecule has 23 heavy (non-hydrogen) atoms. The van der Waals surface area contributed by atoms with Crippen LogP contribution in [0, 0.1) is 0 Å². The molecular formula is C14H17ClN4O4. The van der Waals surface area contributed by atoms with Gasteiger partial charge < -0.3 is 25.3 Å². The SMILES string of the molecule is COCC(N)C(=O)Nc1[nH]ncc1-c1ccc2c(c1)OCO2.Cl. The Morgan fingerprint density at radius 3 is 3.04 bits per heavy atom. The second-order valence-corrected chi connectivity index (χ2v) is 4.78. The van der Waals surface area contributed by atoms with Gasteiger partial charge in [-0.2, -0.15) is 5.10 Å². The van der Waals surface area contributed by atoms with Gasteiger partial charge >= 0.3 is 0 Å². The highest BCUT2D eigenvalue weighted by molar-refractivity contribution is 5.97. The first-order valence-corrected chi connectivity index (χ1v) is 6.68. The van der Waals surface area contributed by atoms with Crippen molar-refractivity contribution >= 4 is 24.1 Å². The largest absolute Gasteiger partial charge is 0.454 e. The number of nitrogens with one attached hydrogen (secondary N) is 2. The maximum Gasteiger partial charge on any atom is 0.244 e. The molecular weight excluding hydrogens is 324 g/mol. The monoisotopic (exact) mass is 340 g/mol. The smallest absolute Gasteiger partial charge is 0.244 e. The number of hydrogen-bond acceptors (Lipinski definition) is 6. The Balaban J connectivity index is 0.00000192. The molecule has 2 aromatic rings. The fourth-order valence-electron chi connectivity index (χ4n) is 2.14. The number of fused-ring (bicyclic) bond motifs is 1. The van der Waals surface area contributed by atoms with Crippen molar-refractivity contribution in [3.63, 3.8) is 0 Å². The number of nitrogens with zero attached hydrogens (tertiary/aromatic N) is 1. The summed E-state index contributed by atoms with van der Waals surface area (Å²) in [5.41, 5.74) is 7.27. The summed E-state index contributed by atoms with van der Waals surface area (Å²) in [5, 5.41) is 9.42. The number of carbonyl (C=O) groups is 1. The molecule has 8 nitrogen and oxygen atoms in total. The molecule has 0 spiro atoms. The van der Waals surface area contributed by atoms with E-state index in [0.29, 0.717) is 17.3 Å². The number of amides is 1. The van der Waals surface area contributed by atoms with Crippen LogP contribution < -0.4 is 20.5 Å². The Labute approximate surface area is 138 Å². The normalized spacial score (nSPS) is 13.3. The van der Waals surface area contributed by atoms with E-state index in [1.54, 1.807) is 6.20 Å². The van der Waals surface area contributed by atoms with Gasteiger partial charge in [0.25, 0.3) is 0 Å². The van der Waals surface area contributed by atoms with Crippen molar-refractivity contribution in [1.29, 1.82) is 0 Å². The molecule has 1 aromatic carbocycles. The molecule has 3 rings (SSSR count). The third-order valence-electron chi connectivity index (χ3n) is 3.25. The van der Waals surface area contributed by atoms with E-state index < -0.39 is 6.04 Å². The molecule has 0 saturated carbocycles. The van der Waals surface area contributed by atoms with Crippen molar-refractivity contribution in [2.45, 2.75) is 6.04 Å². The molecule has 1 amide bonds. The third kappa shape index (κ3) is 3.55. The molecule has 1 atom stereocenters. The van der Waals surface area contributed by atoms with Crippen molar-refractivity contribution < 1.29 is 19.0 Å². The van der Waals surface area contributed by atoms with Gasteiger partial charge in [0.1, 0.15) is 11.9 Å². The molecule has 4 N–H and O–H groups in total. The number of halogens is 1. The van der Waals surface area contributed by atoms with Crippen LogP contribution in [0.2, 0.25) is 0 Å². The third-order valence-corrected chi connectivity index (χ3v) is 3.25. The lowest BCUT2D eigenvalue weighted by molar-refractivity contribution is -0.118. The average molecular weight is 341 g/mol. The number of hydrogen-bond donors (Lipinski definition) is 3. The standard InChI is InChI=1S/C14H16N4O4.ClH/c1-20-6-10(15)14(19)17-13-9(5-16-18-13)8-2-3-11-12(4-8)22-7-21-11;/h2-5,10H,6-7,15H2,1H3,(H2,16,17,18,19);1H. The van der Waals surface area contributed by atoms with Gasteiger partial charge in [-0.1, -0.05) is 6.07 Å². The van der Waals surface area contributed by atoms with Gasteiger partial charge in [-0.25, -0.2) is 0 Å². The van der Waals surface area contributed by atoms with Crippen molar-refractivity contribution in [2.75, 3.05) is 25.8 Å². The first-order valence-electron chi connectivity index (χ1n) is 6.68. The number of carbonyl (C=O) groups excluding carboxylic acids is 1. The van der Waals surface area contributed by atoms with Gasteiger partial charge in [-0.15, -0.1) is 12.4 Å². The van der Waals surface area contributed by atoms with E-state index in [4.69, 9.17) is 19.9 Å². The van der Waals surface area contributed by atoms with Crippen LogP contribution in [0.3, 0.4) is 0 Å². The minimum Gasteiger partial charge on any atom is -0.454 e. The van der Waals surface area contributed by atoms with Crippen LogP contribution in [0.15, 0.2) is 24.4 Å². The Bertz CT molecular complexity index is 691. The summed E-state index contributed by atoms with van der Waals surface area (Å²) in [4.78, 5) is 12.0. The number of H-pyrrole nitrogens is 1. The van der Waals surface area contributed by atoms with E-state index in [2.05, 4.69) is 15.5 Å². The summed E-state index contributed by atoms with van der Waals surface area (Å²) in [7, 11) is 1.49. The van der Waals surface area contributed by atoms with E-state index >= 15 is 0 Å². The molecule has 0 aliphatic carbocycles. The summed E-state index contributed by atoms with van der Waals surface area (Å²) < 4.78 is 15.5. The molecule has 1 unspecified atom stereocenters. The van der Waals surface area contributed by atoms with Gasteiger partial charge in [-0.3, -0.25) is 9.89 Å². The van der Waals surface area contributed by atoms with E-state index in [1.807, 2.05) is 18.2 Å². The van der Waals surface area contributed by atoms with Crippen molar-refractivity contribution in [2.24, 2.45) is 5.73 Å². The Hall–Kier alpha value is -2.29. The van der Waals surface area contributed by atoms with Gasteiger partial charge in [-0.05, 0) is 17.7 Å². The molecule has 1 aliphatic rings. The number of ether oxygens (including phenoxy) is 3. The fraction of sp³-hybridized carbons (Fsp3) is 0.286. The van der Waals surface area contributed by atoms with Crippen LogP contribution in [0.25, 0.3) is 11.1 Å². The molecule has 1 aliphatic heterocycles. The van der Waals surface area contributed by atoms with Crippen LogP contribution in [0.5, 0.6) is 11.5 Å². The fourth-order valence-corrected chi connectivity index (χ4v) is 2.14. The van der Waals surface area contributed by atoms with Crippen LogP contribution in [-0.4, -0.2) is 42.7 Å². The number of rotatable bonds is 5. The topological polar surface area (TPSA) is 111 Å². The first kappa shape index (κ1) is 17.1. The molecule has 0 fully saturated rings. The quantitative estimate of drug-likeness (QED) is 0.752. The summed E-state index contributed by atoms with van der Waals surface area (Å²) in [6, 6.07) is 4.76. The van der Waals surface area contributed by atoms with Crippen LogP contribution in [0.4, 0.5) is 5.82 Å². The second kappa shape index (κ2) is 7.32. The van der Waals surface area contributed by atoms with Crippen LogP contribution in [-0.2, 0) is 9.53 Å². The zero-order valence-electron chi connectivity index (χ0n) is 12.4. The molecule has 124 valence electrons. The molecule has 0 bridgehead atoms. The lowest BCUT2D eigenvalue weighted by atomic mass is 10.1. The Morgan fingerprint density at radius 1 is 1.48 bits per heavy atom. The van der Waals surface area contributed by atoms with E-state index in [-0.39, 0.29) is 31.7 Å². The highest BCUT2D eigenvalue weighted by Crippen LogP contribution is 2.37. The van der Waals surface area contributed by atoms with E-state index in [9.17, 15) is 4.79 Å². The van der Waals surface area contributed by atoms with Crippen molar-refractivity contribution in [3.05, 3.63) is 24.4 Å². The molecule has 0 saturated heterocycles. The number of methoxy groups -OCH3 is 1. The lowest BCUT2D eigenvalue weighted by Crippen LogP contribution is -2.39. The van der Waals surface area contributed by atoms with Crippen molar-refractivity contribution in [3.8, 4) is 22.6 Å². The zero-order valence-corrected chi connectivity index (χ0v) is 13.2. The number of aromatic amines is 1. The predicted molar refractivity (Wildman–Crippen MR) is 85.9 cm³/mol. The minimum atomic E-state index is -0.752. The maximum atomic E-state index is 12.0. The number of nitrogens with two attached hydrogens (primary N) is 1. The lowest BCUT2D eigenvalue weighted by Gasteiger charge is -2.11. The summed E-state index contributed by atoms with van der Waals surface area (Å²) in [6.45, 7) is 0.346. The first-order chi connectivity index (χ1) is 10.7. The molecule has 0 radical (unpaired) electrons. The van der Waals surface area contributed by atoms with E-state index in [1.165, 1.54) is 7.11 Å². The van der Waals surface area contributed by atoms with Crippen molar-refractivity contribution in [1.82, 2.24) is 10.2 Å². The number of aromatic nitrogens is 2. The highest BCUT2D eigenvalue weighted by atomic mass is 35.5. The van der Waals surface area contributed by atoms with Crippen LogP contribution in [0.1, 0.15) is 0 Å². The molecule has 9 heteroatoms. The summed E-state index contributed by atoms with van der Waals surface area (Å²) in [6.07, 6.45) is 1.62. The van der Waals surface area contributed by atoms with Gasteiger partial charge in [0.2, 0.25) is 12.7 Å². The van der Waals surface area contributed by atoms with E-state index in [0.717, 1.165) is 11.1 Å². The molecule has 1 aromatic heterocycles. The summed E-state index contributed by atoms with van der Waals surface area (Å²) in [5.74, 6) is 1.47. The highest BCUT2D eigenvalue weighted by Gasteiger charge is 2.19. The summed E-state index contributed by atoms with van der Waals surface area (Å²) >= 11 is 0. The van der Waals surface area contributed by atoms with Gasteiger partial charge in [0, 0.05) is 12.7 Å². The Kier molecular flexibility index (Phi) is 5.43. The second-order valence-electron chi connectivity index (χ2n) is 4.78. The van der Waals surface area contributed by atoms with Crippen LogP contribution >= 0.6 is 12.4 Å². The Morgan fingerprint density at radius 2 is 2.26 bits per heavy atom. The average Bonchev–Trinajstić information content (AvgIpc) is 3.15.